The number of hydrogen-bond donors (Lipinski definition) is 0. The summed E-state index contributed by atoms with van der Waals surface area (Å²) in [7, 11) is 1.59. The average molecular weight is 310 g/mol. The van der Waals surface area contributed by atoms with Crippen molar-refractivity contribution in [1.29, 1.82) is 0 Å². The number of methoxy groups -OCH3 is 1. The zero-order chi connectivity index (χ0) is 16.4. The second-order valence-corrected chi connectivity index (χ2v) is 5.93. The molecule has 0 atom stereocenters. The number of carbonyl (C=O) groups is 1. The van der Waals surface area contributed by atoms with Crippen LogP contribution in [0.1, 0.15) is 24.2 Å². The van der Waals surface area contributed by atoms with Gasteiger partial charge in [-0.25, -0.2) is 0 Å². The minimum Gasteiger partial charge on any atom is -0.496 e. The molecule has 0 aromatic heterocycles. The number of benzene rings is 2. The van der Waals surface area contributed by atoms with Crippen molar-refractivity contribution in [3.63, 3.8) is 0 Å². The Morgan fingerprint density at radius 3 is 2.35 bits per heavy atom. The molecule has 2 aromatic carbocycles. The highest BCUT2D eigenvalue weighted by Gasteiger charge is 2.29. The molecule has 3 rings (SSSR count). The van der Waals surface area contributed by atoms with E-state index in [4.69, 9.17) is 4.74 Å². The molecule has 1 heterocycles. The molecule has 0 aliphatic carbocycles. The number of hydrogen-bond acceptors (Lipinski definition) is 3. The van der Waals surface area contributed by atoms with Gasteiger partial charge in [0.1, 0.15) is 5.75 Å². The minimum absolute atomic E-state index is 0.0155. The van der Waals surface area contributed by atoms with Crippen molar-refractivity contribution in [2.45, 2.75) is 19.9 Å². The fraction of sp³-hybridized carbons (Fsp3) is 0.316. The summed E-state index contributed by atoms with van der Waals surface area (Å²) in [5, 5.41) is 0. The molecule has 1 amide bonds. The molecule has 4 nitrogen and oxygen atoms in total. The van der Waals surface area contributed by atoms with Gasteiger partial charge in [-0.1, -0.05) is 24.3 Å². The second kappa shape index (κ2) is 6.32. The molecule has 0 unspecified atom stereocenters. The van der Waals surface area contributed by atoms with Gasteiger partial charge in [-0.2, -0.15) is 0 Å². The number of amides is 1. The second-order valence-electron chi connectivity index (χ2n) is 5.93. The third kappa shape index (κ3) is 2.77. The van der Waals surface area contributed by atoms with Crippen molar-refractivity contribution in [1.82, 2.24) is 0 Å². The van der Waals surface area contributed by atoms with Crippen LogP contribution in [0.2, 0.25) is 0 Å². The van der Waals surface area contributed by atoms with Gasteiger partial charge < -0.3 is 14.5 Å². The van der Waals surface area contributed by atoms with Gasteiger partial charge in [0.05, 0.1) is 24.0 Å². The molecule has 0 bridgehead atoms. The molecular weight excluding hydrogens is 288 g/mol. The van der Waals surface area contributed by atoms with Crippen LogP contribution in [0, 0.1) is 0 Å². The molecule has 1 aliphatic rings. The maximum Gasteiger partial charge on any atom is 0.262 e. The maximum absolute atomic E-state index is 13.0. The molecule has 2 aromatic rings. The topological polar surface area (TPSA) is 32.8 Å². The van der Waals surface area contributed by atoms with Crippen LogP contribution >= 0.6 is 0 Å². The van der Waals surface area contributed by atoms with Crippen molar-refractivity contribution < 1.29 is 9.53 Å². The SMILES string of the molecule is COc1ccccc1C(=O)N1CCN(C(C)C)c2ccccc21. The van der Waals surface area contributed by atoms with Crippen LogP contribution in [0.3, 0.4) is 0 Å². The Labute approximate surface area is 137 Å². The molecular formula is C19H22N2O2. The first-order valence-corrected chi connectivity index (χ1v) is 7.94. The Morgan fingerprint density at radius 2 is 1.65 bits per heavy atom. The van der Waals surface area contributed by atoms with E-state index in [2.05, 4.69) is 24.8 Å². The van der Waals surface area contributed by atoms with E-state index in [0.29, 0.717) is 23.9 Å². The predicted molar refractivity (Wildman–Crippen MR) is 93.6 cm³/mol. The lowest BCUT2D eigenvalue weighted by Gasteiger charge is -2.40. The Balaban J connectivity index is 2.01. The van der Waals surface area contributed by atoms with Gasteiger partial charge in [-0.05, 0) is 38.1 Å². The third-order valence-corrected chi connectivity index (χ3v) is 4.25. The molecule has 0 fully saturated rings. The summed E-state index contributed by atoms with van der Waals surface area (Å²) < 4.78 is 5.35. The van der Waals surface area contributed by atoms with Gasteiger partial charge in [0.2, 0.25) is 0 Å². The van der Waals surface area contributed by atoms with E-state index in [9.17, 15) is 4.79 Å². The number of nitrogens with zero attached hydrogens (tertiary/aromatic N) is 2. The third-order valence-electron chi connectivity index (χ3n) is 4.25. The van der Waals surface area contributed by atoms with Crippen LogP contribution in [0.15, 0.2) is 48.5 Å². The molecule has 120 valence electrons. The lowest BCUT2D eigenvalue weighted by atomic mass is 10.1. The number of ether oxygens (including phenoxy) is 1. The Kier molecular flexibility index (Phi) is 4.24. The van der Waals surface area contributed by atoms with E-state index < -0.39 is 0 Å². The lowest BCUT2D eigenvalue weighted by Crippen LogP contribution is -2.46. The highest BCUT2D eigenvalue weighted by atomic mass is 16.5. The van der Waals surface area contributed by atoms with E-state index in [1.165, 1.54) is 0 Å². The summed E-state index contributed by atoms with van der Waals surface area (Å²) in [6.07, 6.45) is 0. The Bertz CT molecular complexity index is 712. The van der Waals surface area contributed by atoms with Crippen molar-refractivity contribution in [3.8, 4) is 5.75 Å². The number of rotatable bonds is 3. The standard InChI is InChI=1S/C19H22N2O2/c1-14(2)20-12-13-21(17-10-6-5-9-16(17)20)19(22)15-8-4-7-11-18(15)23-3/h4-11,14H,12-13H2,1-3H3. The Morgan fingerprint density at radius 1 is 1.00 bits per heavy atom. The molecule has 4 heteroatoms. The zero-order valence-corrected chi connectivity index (χ0v) is 13.8. The van der Waals surface area contributed by atoms with Crippen LogP contribution in [-0.4, -0.2) is 32.1 Å². The van der Waals surface area contributed by atoms with Crippen LogP contribution in [0.25, 0.3) is 0 Å². The summed E-state index contributed by atoms with van der Waals surface area (Å²) in [6.45, 7) is 5.85. The summed E-state index contributed by atoms with van der Waals surface area (Å²) >= 11 is 0. The summed E-state index contributed by atoms with van der Waals surface area (Å²) in [4.78, 5) is 17.2. The minimum atomic E-state index is -0.0155. The quantitative estimate of drug-likeness (QED) is 0.869. The molecule has 0 spiro atoms. The van der Waals surface area contributed by atoms with E-state index in [-0.39, 0.29) is 5.91 Å². The van der Waals surface area contributed by atoms with Crippen molar-refractivity contribution in [3.05, 3.63) is 54.1 Å². The van der Waals surface area contributed by atoms with Crippen LogP contribution in [0.5, 0.6) is 5.75 Å². The first kappa shape index (κ1) is 15.4. The van der Waals surface area contributed by atoms with Gasteiger partial charge in [0, 0.05) is 19.1 Å². The van der Waals surface area contributed by atoms with Crippen LogP contribution in [0.4, 0.5) is 11.4 Å². The van der Waals surface area contributed by atoms with Gasteiger partial charge in [0.15, 0.2) is 0 Å². The monoisotopic (exact) mass is 310 g/mol. The fourth-order valence-corrected chi connectivity index (χ4v) is 3.10. The smallest absolute Gasteiger partial charge is 0.262 e. The Hall–Kier alpha value is -2.49. The highest BCUT2D eigenvalue weighted by molar-refractivity contribution is 6.10. The largest absolute Gasteiger partial charge is 0.496 e. The number of anilines is 2. The summed E-state index contributed by atoms with van der Waals surface area (Å²) in [5.41, 5.74) is 2.67. The van der Waals surface area contributed by atoms with E-state index in [1.54, 1.807) is 7.11 Å². The normalized spacial score (nSPS) is 13.9. The van der Waals surface area contributed by atoms with Gasteiger partial charge in [0.25, 0.3) is 5.91 Å². The number of para-hydroxylation sites is 3. The van der Waals surface area contributed by atoms with Gasteiger partial charge in [-0.15, -0.1) is 0 Å². The first-order valence-electron chi connectivity index (χ1n) is 7.94. The number of carbonyl (C=O) groups excluding carboxylic acids is 1. The average Bonchev–Trinajstić information content (AvgIpc) is 2.60. The maximum atomic E-state index is 13.0. The summed E-state index contributed by atoms with van der Waals surface area (Å²) in [6, 6.07) is 15.9. The van der Waals surface area contributed by atoms with E-state index >= 15 is 0 Å². The van der Waals surface area contributed by atoms with Gasteiger partial charge in [-0.3, -0.25) is 4.79 Å². The molecule has 1 aliphatic heterocycles. The fourth-order valence-electron chi connectivity index (χ4n) is 3.10. The van der Waals surface area contributed by atoms with Gasteiger partial charge >= 0.3 is 0 Å². The first-order chi connectivity index (χ1) is 11.1. The van der Waals surface area contributed by atoms with Crippen LogP contribution in [-0.2, 0) is 0 Å². The molecule has 23 heavy (non-hydrogen) atoms. The van der Waals surface area contributed by atoms with Crippen molar-refractivity contribution in [2.75, 3.05) is 30.0 Å². The van der Waals surface area contributed by atoms with Crippen LogP contribution < -0.4 is 14.5 Å². The number of fused-ring (bicyclic) bond motifs is 1. The van der Waals surface area contributed by atoms with Crippen molar-refractivity contribution in [2.24, 2.45) is 0 Å². The van der Waals surface area contributed by atoms with E-state index in [1.807, 2.05) is 47.4 Å². The summed E-state index contributed by atoms with van der Waals surface area (Å²) in [5.74, 6) is 0.597. The van der Waals surface area contributed by atoms with Crippen molar-refractivity contribution >= 4 is 17.3 Å². The molecule has 0 saturated heterocycles. The molecule has 0 saturated carbocycles. The lowest BCUT2D eigenvalue weighted by molar-refractivity contribution is 0.0983. The van der Waals surface area contributed by atoms with E-state index in [0.717, 1.165) is 17.9 Å². The highest BCUT2D eigenvalue weighted by Crippen LogP contribution is 2.35. The molecule has 0 N–H and O–H groups in total. The molecule has 0 radical (unpaired) electrons. The zero-order valence-electron chi connectivity index (χ0n) is 13.8. The predicted octanol–water partition coefficient (Wildman–Crippen LogP) is 3.57.